The van der Waals surface area contributed by atoms with Gasteiger partial charge in [0.15, 0.2) is 5.75 Å². The molecule has 1 aromatic carbocycles. The minimum atomic E-state index is 0.0949. The summed E-state index contributed by atoms with van der Waals surface area (Å²) in [6, 6.07) is 5.36. The molecule has 2 aromatic rings. The zero-order chi connectivity index (χ0) is 13.8. The van der Waals surface area contributed by atoms with E-state index >= 15 is 0 Å². The van der Waals surface area contributed by atoms with E-state index in [1.165, 1.54) is 0 Å². The van der Waals surface area contributed by atoms with Crippen LogP contribution in [-0.2, 0) is 6.54 Å². The summed E-state index contributed by atoms with van der Waals surface area (Å²) in [5, 5.41) is 4.15. The third kappa shape index (κ3) is 3.64. The highest BCUT2D eigenvalue weighted by Crippen LogP contribution is 2.28. The van der Waals surface area contributed by atoms with Gasteiger partial charge in [-0.15, -0.1) is 0 Å². The number of nitrogen functional groups attached to an aromatic ring is 1. The molecule has 1 aromatic heterocycles. The van der Waals surface area contributed by atoms with Crippen LogP contribution in [0.5, 0.6) is 17.2 Å². The Hall–Kier alpha value is -2.17. The van der Waals surface area contributed by atoms with E-state index in [9.17, 15) is 0 Å². The molecule has 5 nitrogen and oxygen atoms in total. The zero-order valence-electron chi connectivity index (χ0n) is 11.5. The topological polar surface area (TPSA) is 62.3 Å². The molecule has 5 heteroatoms. The molecule has 0 saturated carbocycles. The van der Waals surface area contributed by atoms with Crippen LogP contribution in [0.1, 0.15) is 20.8 Å². The standard InChI is InChI=1S/C14H19N3O2/c1-4-17-9-14(8-16-17)19-13-6-11(15)5-12(7-13)18-10(2)3/h5-10H,4,15H2,1-3H3. The molecular weight excluding hydrogens is 242 g/mol. The van der Waals surface area contributed by atoms with E-state index in [1.54, 1.807) is 23.0 Å². The Morgan fingerprint density at radius 3 is 2.58 bits per heavy atom. The fourth-order valence-electron chi connectivity index (χ4n) is 1.70. The van der Waals surface area contributed by atoms with Gasteiger partial charge >= 0.3 is 0 Å². The highest BCUT2D eigenvalue weighted by molar-refractivity contribution is 5.51. The first kappa shape index (κ1) is 13.3. The first-order chi connectivity index (χ1) is 9.06. The largest absolute Gasteiger partial charge is 0.491 e. The highest BCUT2D eigenvalue weighted by Gasteiger charge is 2.05. The molecule has 1 heterocycles. The number of nitrogens with two attached hydrogens (primary N) is 1. The van der Waals surface area contributed by atoms with Crippen LogP contribution in [0.15, 0.2) is 30.6 Å². The third-order valence-corrected chi connectivity index (χ3v) is 2.44. The lowest BCUT2D eigenvalue weighted by molar-refractivity contribution is 0.242. The molecule has 0 aliphatic heterocycles. The lowest BCUT2D eigenvalue weighted by Crippen LogP contribution is -2.05. The molecule has 0 aliphatic carbocycles. The molecule has 0 atom stereocenters. The van der Waals surface area contributed by atoms with E-state index in [1.807, 2.05) is 33.0 Å². The van der Waals surface area contributed by atoms with Gasteiger partial charge in [-0.3, -0.25) is 4.68 Å². The van der Waals surface area contributed by atoms with Gasteiger partial charge in [0.05, 0.1) is 18.5 Å². The maximum Gasteiger partial charge on any atom is 0.165 e. The van der Waals surface area contributed by atoms with Crippen molar-refractivity contribution in [1.29, 1.82) is 0 Å². The van der Waals surface area contributed by atoms with Crippen molar-refractivity contribution in [3.05, 3.63) is 30.6 Å². The van der Waals surface area contributed by atoms with E-state index < -0.39 is 0 Å². The second kappa shape index (κ2) is 5.65. The summed E-state index contributed by atoms with van der Waals surface area (Å²) < 4.78 is 13.1. The molecule has 0 bridgehead atoms. The maximum absolute atomic E-state index is 5.84. The lowest BCUT2D eigenvalue weighted by atomic mass is 10.3. The molecule has 0 fully saturated rings. The summed E-state index contributed by atoms with van der Waals surface area (Å²) in [5.41, 5.74) is 6.45. The smallest absolute Gasteiger partial charge is 0.165 e. The van der Waals surface area contributed by atoms with Crippen LogP contribution in [-0.4, -0.2) is 15.9 Å². The molecule has 102 valence electrons. The van der Waals surface area contributed by atoms with E-state index in [0.29, 0.717) is 22.9 Å². The molecule has 0 aliphatic rings. The fourth-order valence-corrected chi connectivity index (χ4v) is 1.70. The molecule has 0 spiro atoms. The molecule has 0 unspecified atom stereocenters. The van der Waals surface area contributed by atoms with Crippen molar-refractivity contribution in [1.82, 2.24) is 9.78 Å². The second-order valence-electron chi connectivity index (χ2n) is 4.54. The van der Waals surface area contributed by atoms with Crippen molar-refractivity contribution in [3.63, 3.8) is 0 Å². The summed E-state index contributed by atoms with van der Waals surface area (Å²) in [6.07, 6.45) is 3.61. The van der Waals surface area contributed by atoms with Gasteiger partial charge in [0.2, 0.25) is 0 Å². The number of ether oxygens (including phenoxy) is 2. The van der Waals surface area contributed by atoms with Crippen molar-refractivity contribution in [2.24, 2.45) is 0 Å². The number of hydrogen-bond acceptors (Lipinski definition) is 4. The summed E-state index contributed by atoms with van der Waals surface area (Å²) >= 11 is 0. The van der Waals surface area contributed by atoms with Crippen LogP contribution < -0.4 is 15.2 Å². The van der Waals surface area contributed by atoms with E-state index in [4.69, 9.17) is 15.2 Å². The van der Waals surface area contributed by atoms with Crippen molar-refractivity contribution in [2.75, 3.05) is 5.73 Å². The van der Waals surface area contributed by atoms with Crippen LogP contribution in [0.2, 0.25) is 0 Å². The van der Waals surface area contributed by atoms with Gasteiger partial charge < -0.3 is 15.2 Å². The van der Waals surface area contributed by atoms with Gasteiger partial charge in [-0.05, 0) is 20.8 Å². The molecule has 0 saturated heterocycles. The molecule has 0 radical (unpaired) electrons. The second-order valence-corrected chi connectivity index (χ2v) is 4.54. The predicted octanol–water partition coefficient (Wildman–Crippen LogP) is 3.06. The SMILES string of the molecule is CCn1cc(Oc2cc(N)cc(OC(C)C)c2)cn1. The van der Waals surface area contributed by atoms with Gasteiger partial charge in [0.1, 0.15) is 11.5 Å². The normalized spacial score (nSPS) is 10.7. The summed E-state index contributed by atoms with van der Waals surface area (Å²) in [5.74, 6) is 2.03. The number of hydrogen-bond donors (Lipinski definition) is 1. The number of aromatic nitrogens is 2. The van der Waals surface area contributed by atoms with Crippen molar-refractivity contribution < 1.29 is 9.47 Å². The average molecular weight is 261 g/mol. The van der Waals surface area contributed by atoms with Crippen LogP contribution in [0.3, 0.4) is 0 Å². The van der Waals surface area contributed by atoms with Crippen LogP contribution in [0.4, 0.5) is 5.69 Å². The summed E-state index contributed by atoms with van der Waals surface area (Å²) in [4.78, 5) is 0. The van der Waals surface area contributed by atoms with Gasteiger partial charge in [0, 0.05) is 30.4 Å². The Labute approximate surface area is 112 Å². The molecule has 19 heavy (non-hydrogen) atoms. The molecule has 2 N–H and O–H groups in total. The first-order valence-corrected chi connectivity index (χ1v) is 6.34. The van der Waals surface area contributed by atoms with Crippen LogP contribution >= 0.6 is 0 Å². The Morgan fingerprint density at radius 1 is 1.21 bits per heavy atom. The van der Waals surface area contributed by atoms with Gasteiger partial charge in [-0.1, -0.05) is 0 Å². The van der Waals surface area contributed by atoms with Gasteiger partial charge in [0.25, 0.3) is 0 Å². The average Bonchev–Trinajstić information content (AvgIpc) is 2.74. The number of benzene rings is 1. The quantitative estimate of drug-likeness (QED) is 0.840. The predicted molar refractivity (Wildman–Crippen MR) is 74.6 cm³/mol. The summed E-state index contributed by atoms with van der Waals surface area (Å²) in [7, 11) is 0. The van der Waals surface area contributed by atoms with Crippen LogP contribution in [0.25, 0.3) is 0 Å². The minimum Gasteiger partial charge on any atom is -0.491 e. The van der Waals surface area contributed by atoms with Gasteiger partial charge in [-0.25, -0.2) is 0 Å². The van der Waals surface area contributed by atoms with E-state index in [-0.39, 0.29) is 6.10 Å². The monoisotopic (exact) mass is 261 g/mol. The molecular formula is C14H19N3O2. The van der Waals surface area contributed by atoms with E-state index in [2.05, 4.69) is 5.10 Å². The molecule has 2 rings (SSSR count). The zero-order valence-corrected chi connectivity index (χ0v) is 11.5. The Kier molecular flexibility index (Phi) is 3.94. The minimum absolute atomic E-state index is 0.0949. The fraction of sp³-hybridized carbons (Fsp3) is 0.357. The third-order valence-electron chi connectivity index (χ3n) is 2.44. The number of nitrogens with zero attached hydrogens (tertiary/aromatic N) is 2. The number of aryl methyl sites for hydroxylation is 1. The Morgan fingerprint density at radius 2 is 1.95 bits per heavy atom. The highest BCUT2D eigenvalue weighted by atomic mass is 16.5. The molecule has 0 amide bonds. The van der Waals surface area contributed by atoms with Crippen molar-refractivity contribution >= 4 is 5.69 Å². The van der Waals surface area contributed by atoms with Crippen molar-refractivity contribution in [3.8, 4) is 17.2 Å². The Balaban J connectivity index is 2.17. The lowest BCUT2D eigenvalue weighted by Gasteiger charge is -2.12. The van der Waals surface area contributed by atoms with E-state index in [0.717, 1.165) is 6.54 Å². The first-order valence-electron chi connectivity index (χ1n) is 6.34. The summed E-state index contributed by atoms with van der Waals surface area (Å²) in [6.45, 7) is 6.76. The van der Waals surface area contributed by atoms with Crippen LogP contribution in [0, 0.1) is 0 Å². The van der Waals surface area contributed by atoms with Crippen molar-refractivity contribution in [2.45, 2.75) is 33.4 Å². The number of rotatable bonds is 5. The van der Waals surface area contributed by atoms with Gasteiger partial charge in [-0.2, -0.15) is 5.10 Å². The number of anilines is 1. The maximum atomic E-state index is 5.84. The Bertz CT molecular complexity index is 549.